The first-order valence-electron chi connectivity index (χ1n) is 5.30. The predicted molar refractivity (Wildman–Crippen MR) is 62.9 cm³/mol. The van der Waals surface area contributed by atoms with Gasteiger partial charge in [-0.05, 0) is 18.6 Å². The molecule has 0 fully saturated rings. The number of carboxylic acids is 1. The van der Waals surface area contributed by atoms with Gasteiger partial charge in [-0.3, -0.25) is 0 Å². The van der Waals surface area contributed by atoms with E-state index in [2.05, 4.69) is 5.32 Å². The Bertz CT molecular complexity index is 352. The number of carboxylic acid groups (broad SMARTS) is 1. The van der Waals surface area contributed by atoms with Gasteiger partial charge in [0.25, 0.3) is 0 Å². The van der Waals surface area contributed by atoms with Crippen LogP contribution in [0.2, 0.25) is 0 Å². The largest absolute Gasteiger partial charge is 0.497 e. The van der Waals surface area contributed by atoms with Crippen LogP contribution in [-0.4, -0.2) is 24.2 Å². The lowest BCUT2D eigenvalue weighted by Crippen LogP contribution is -2.28. The summed E-state index contributed by atoms with van der Waals surface area (Å²) in [6.45, 7) is 1.96. The fourth-order valence-corrected chi connectivity index (χ4v) is 1.46. The molecule has 88 valence electrons. The van der Waals surface area contributed by atoms with E-state index >= 15 is 0 Å². The van der Waals surface area contributed by atoms with Crippen molar-refractivity contribution < 1.29 is 14.6 Å². The first kappa shape index (κ1) is 12.4. The second-order valence-electron chi connectivity index (χ2n) is 3.56. The van der Waals surface area contributed by atoms with Crippen LogP contribution < -0.4 is 10.1 Å². The lowest BCUT2D eigenvalue weighted by Gasteiger charge is -2.15. The van der Waals surface area contributed by atoms with E-state index in [1.54, 1.807) is 13.2 Å². The third-order valence-electron chi connectivity index (χ3n) is 2.29. The van der Waals surface area contributed by atoms with Gasteiger partial charge >= 0.3 is 5.97 Å². The van der Waals surface area contributed by atoms with Crippen LogP contribution >= 0.6 is 0 Å². The Morgan fingerprint density at radius 1 is 1.56 bits per heavy atom. The van der Waals surface area contributed by atoms with E-state index in [-0.39, 0.29) is 0 Å². The van der Waals surface area contributed by atoms with Gasteiger partial charge in [0.15, 0.2) is 0 Å². The van der Waals surface area contributed by atoms with E-state index in [4.69, 9.17) is 9.84 Å². The zero-order chi connectivity index (χ0) is 12.0. The summed E-state index contributed by atoms with van der Waals surface area (Å²) in [5, 5.41) is 12.0. The van der Waals surface area contributed by atoms with Crippen LogP contribution in [0.3, 0.4) is 0 Å². The Morgan fingerprint density at radius 2 is 2.31 bits per heavy atom. The van der Waals surface area contributed by atoms with E-state index in [9.17, 15) is 4.79 Å². The van der Waals surface area contributed by atoms with E-state index in [1.165, 1.54) is 0 Å². The molecule has 0 aromatic heterocycles. The molecule has 0 bridgehead atoms. The van der Waals surface area contributed by atoms with E-state index in [0.717, 1.165) is 12.1 Å². The molecule has 0 heterocycles. The van der Waals surface area contributed by atoms with Crippen molar-refractivity contribution in [3.63, 3.8) is 0 Å². The second-order valence-corrected chi connectivity index (χ2v) is 3.56. The smallest absolute Gasteiger partial charge is 0.326 e. The molecule has 0 aliphatic carbocycles. The molecule has 4 nitrogen and oxygen atoms in total. The van der Waals surface area contributed by atoms with Gasteiger partial charge in [-0.1, -0.05) is 19.4 Å². The highest BCUT2D eigenvalue weighted by atomic mass is 16.5. The number of methoxy groups -OCH3 is 1. The minimum absolute atomic E-state index is 0.544. The summed E-state index contributed by atoms with van der Waals surface area (Å²) in [5.74, 6) is -0.115. The predicted octanol–water partition coefficient (Wildman–Crippen LogP) is 2.36. The number of benzene rings is 1. The maximum absolute atomic E-state index is 11.0. The summed E-state index contributed by atoms with van der Waals surface area (Å²) < 4.78 is 5.07. The molecule has 16 heavy (non-hydrogen) atoms. The van der Waals surface area contributed by atoms with Gasteiger partial charge in [-0.25, -0.2) is 4.79 Å². The third-order valence-corrected chi connectivity index (χ3v) is 2.29. The number of ether oxygens (including phenoxy) is 1. The van der Waals surface area contributed by atoms with Crippen molar-refractivity contribution in [1.29, 1.82) is 0 Å². The molecule has 1 unspecified atom stereocenters. The Labute approximate surface area is 95.2 Å². The Kier molecular flexibility index (Phi) is 4.64. The van der Waals surface area contributed by atoms with Crippen LogP contribution in [0.15, 0.2) is 24.3 Å². The molecule has 0 saturated heterocycles. The standard InChI is InChI=1S/C12H17NO3/c1-3-5-11(12(14)15)13-9-6-4-7-10(8-9)16-2/h4,6-8,11,13H,3,5H2,1-2H3,(H,14,15). The molecule has 1 atom stereocenters. The zero-order valence-corrected chi connectivity index (χ0v) is 9.56. The van der Waals surface area contributed by atoms with Crippen LogP contribution in [0.4, 0.5) is 5.69 Å². The molecule has 1 aromatic rings. The summed E-state index contributed by atoms with van der Waals surface area (Å²) in [6, 6.07) is 6.71. The summed E-state index contributed by atoms with van der Waals surface area (Å²) in [5.41, 5.74) is 0.764. The number of hydrogen-bond donors (Lipinski definition) is 2. The SMILES string of the molecule is CCCC(Nc1cccc(OC)c1)C(=O)O. The van der Waals surface area contributed by atoms with Gasteiger partial charge < -0.3 is 15.2 Å². The minimum Gasteiger partial charge on any atom is -0.497 e. The molecule has 0 aliphatic heterocycles. The van der Waals surface area contributed by atoms with Crippen molar-refractivity contribution in [1.82, 2.24) is 0 Å². The highest BCUT2D eigenvalue weighted by molar-refractivity contribution is 5.77. The molecular weight excluding hydrogens is 206 g/mol. The Morgan fingerprint density at radius 3 is 2.88 bits per heavy atom. The van der Waals surface area contributed by atoms with Crippen LogP contribution in [0.5, 0.6) is 5.75 Å². The molecule has 1 rings (SSSR count). The van der Waals surface area contributed by atoms with Crippen LogP contribution in [0, 0.1) is 0 Å². The number of carbonyl (C=O) groups is 1. The average Bonchev–Trinajstić information content (AvgIpc) is 2.28. The molecule has 1 aromatic carbocycles. The Balaban J connectivity index is 2.72. The molecule has 0 aliphatic rings. The summed E-state index contributed by atoms with van der Waals surface area (Å²) >= 11 is 0. The topological polar surface area (TPSA) is 58.6 Å². The lowest BCUT2D eigenvalue weighted by molar-refractivity contribution is -0.138. The van der Waals surface area contributed by atoms with Crippen molar-refractivity contribution in [2.75, 3.05) is 12.4 Å². The van der Waals surface area contributed by atoms with E-state index in [1.807, 2.05) is 25.1 Å². The van der Waals surface area contributed by atoms with Gasteiger partial charge in [-0.2, -0.15) is 0 Å². The number of hydrogen-bond acceptors (Lipinski definition) is 3. The van der Waals surface area contributed by atoms with Crippen molar-refractivity contribution in [3.05, 3.63) is 24.3 Å². The maximum atomic E-state index is 11.0. The molecule has 0 spiro atoms. The van der Waals surface area contributed by atoms with Crippen molar-refractivity contribution in [2.24, 2.45) is 0 Å². The lowest BCUT2D eigenvalue weighted by atomic mass is 10.1. The summed E-state index contributed by atoms with van der Waals surface area (Å²) in [7, 11) is 1.58. The van der Waals surface area contributed by atoms with Crippen molar-refractivity contribution >= 4 is 11.7 Å². The highest BCUT2D eigenvalue weighted by Gasteiger charge is 2.15. The summed E-state index contributed by atoms with van der Waals surface area (Å²) in [6.07, 6.45) is 1.43. The van der Waals surface area contributed by atoms with Crippen molar-refractivity contribution in [3.8, 4) is 5.75 Å². The van der Waals surface area contributed by atoms with Crippen molar-refractivity contribution in [2.45, 2.75) is 25.8 Å². The number of nitrogens with one attached hydrogen (secondary N) is 1. The minimum atomic E-state index is -0.829. The first-order chi connectivity index (χ1) is 7.67. The fraction of sp³-hybridized carbons (Fsp3) is 0.417. The molecule has 0 radical (unpaired) electrons. The molecule has 0 amide bonds. The Hall–Kier alpha value is -1.71. The number of rotatable bonds is 6. The average molecular weight is 223 g/mol. The van der Waals surface area contributed by atoms with Gasteiger partial charge in [0.2, 0.25) is 0 Å². The van der Waals surface area contributed by atoms with Gasteiger partial charge in [0.1, 0.15) is 11.8 Å². The number of aliphatic carboxylic acids is 1. The van der Waals surface area contributed by atoms with Gasteiger partial charge in [-0.15, -0.1) is 0 Å². The third kappa shape index (κ3) is 3.46. The molecule has 2 N–H and O–H groups in total. The maximum Gasteiger partial charge on any atom is 0.326 e. The molecule has 0 saturated carbocycles. The van der Waals surface area contributed by atoms with Crippen LogP contribution in [0.1, 0.15) is 19.8 Å². The molecular formula is C12H17NO3. The zero-order valence-electron chi connectivity index (χ0n) is 9.56. The van der Waals surface area contributed by atoms with Gasteiger partial charge in [0, 0.05) is 11.8 Å². The second kappa shape index (κ2) is 6.00. The first-order valence-corrected chi connectivity index (χ1v) is 5.30. The normalized spacial score (nSPS) is 11.9. The summed E-state index contributed by atoms with van der Waals surface area (Å²) in [4.78, 5) is 11.0. The van der Waals surface area contributed by atoms with E-state index < -0.39 is 12.0 Å². The van der Waals surface area contributed by atoms with Crippen LogP contribution in [0.25, 0.3) is 0 Å². The monoisotopic (exact) mass is 223 g/mol. The van der Waals surface area contributed by atoms with Crippen LogP contribution in [-0.2, 0) is 4.79 Å². The number of anilines is 1. The van der Waals surface area contributed by atoms with Gasteiger partial charge in [0.05, 0.1) is 7.11 Å². The highest BCUT2D eigenvalue weighted by Crippen LogP contribution is 2.18. The quantitative estimate of drug-likeness (QED) is 0.777. The van der Waals surface area contributed by atoms with E-state index in [0.29, 0.717) is 12.2 Å². The fourth-order valence-electron chi connectivity index (χ4n) is 1.46. The molecule has 4 heteroatoms.